The van der Waals surface area contributed by atoms with Crippen LogP contribution in [0, 0.1) is 0 Å². The second kappa shape index (κ2) is 5.88. The van der Waals surface area contributed by atoms with Crippen LogP contribution in [-0.2, 0) is 0 Å². The highest BCUT2D eigenvalue weighted by Gasteiger charge is 2.06. The van der Waals surface area contributed by atoms with Crippen LogP contribution in [0.15, 0.2) is 23.1 Å². The molecule has 0 amide bonds. The quantitative estimate of drug-likeness (QED) is 0.597. The summed E-state index contributed by atoms with van der Waals surface area (Å²) in [5.41, 5.74) is 6.54. The maximum absolute atomic E-state index is 9.44. The van der Waals surface area contributed by atoms with Gasteiger partial charge in [0.25, 0.3) is 0 Å². The molecular weight excluding hydrogens is 210 g/mol. The number of ether oxygens (including phenoxy) is 1. The van der Waals surface area contributed by atoms with Gasteiger partial charge in [0.15, 0.2) is 0 Å². The Balaban J connectivity index is 2.66. The minimum Gasteiger partial charge on any atom is -0.497 e. The summed E-state index contributed by atoms with van der Waals surface area (Å²) >= 11 is 1.55. The van der Waals surface area contributed by atoms with Crippen molar-refractivity contribution in [3.05, 3.63) is 18.2 Å². The average molecular weight is 227 g/mol. The van der Waals surface area contributed by atoms with Gasteiger partial charge >= 0.3 is 0 Å². The Hall–Kier alpha value is -0.870. The molecule has 1 aromatic carbocycles. The van der Waals surface area contributed by atoms with E-state index in [0.717, 1.165) is 22.8 Å². The Labute approximate surface area is 94.6 Å². The molecule has 0 aromatic heterocycles. The fraction of sp³-hybridized carbons (Fsp3) is 0.455. The van der Waals surface area contributed by atoms with Crippen LogP contribution in [0.1, 0.15) is 13.3 Å². The highest BCUT2D eigenvalue weighted by molar-refractivity contribution is 7.99. The van der Waals surface area contributed by atoms with Crippen LogP contribution in [0.25, 0.3) is 0 Å². The van der Waals surface area contributed by atoms with Crippen molar-refractivity contribution in [3.63, 3.8) is 0 Å². The molecular formula is C11H17NO2S. The molecule has 1 atom stereocenters. The Morgan fingerprint density at radius 2 is 2.27 bits per heavy atom. The molecule has 15 heavy (non-hydrogen) atoms. The summed E-state index contributed by atoms with van der Waals surface area (Å²) in [6.45, 7) is 1.96. The van der Waals surface area contributed by atoms with E-state index in [1.807, 2.05) is 25.1 Å². The monoisotopic (exact) mass is 227 g/mol. The fourth-order valence-corrected chi connectivity index (χ4v) is 2.11. The summed E-state index contributed by atoms with van der Waals surface area (Å²) < 4.78 is 5.11. The van der Waals surface area contributed by atoms with Crippen LogP contribution in [0.5, 0.6) is 5.75 Å². The third kappa shape index (κ3) is 3.64. The number of aliphatic hydroxyl groups excluding tert-OH is 1. The third-order valence-electron chi connectivity index (χ3n) is 2.12. The third-order valence-corrected chi connectivity index (χ3v) is 3.34. The molecule has 1 rings (SSSR count). The first-order valence-corrected chi connectivity index (χ1v) is 5.90. The van der Waals surface area contributed by atoms with Gasteiger partial charge in [-0.25, -0.2) is 0 Å². The largest absolute Gasteiger partial charge is 0.497 e. The minimum absolute atomic E-state index is 0.277. The van der Waals surface area contributed by atoms with Crippen LogP contribution in [0.3, 0.4) is 0 Å². The second-order valence-electron chi connectivity index (χ2n) is 3.28. The number of hydrogen-bond donors (Lipinski definition) is 2. The zero-order valence-corrected chi connectivity index (χ0v) is 9.88. The molecule has 1 unspecified atom stereocenters. The average Bonchev–Trinajstić information content (AvgIpc) is 2.27. The van der Waals surface area contributed by atoms with Gasteiger partial charge in [0.2, 0.25) is 0 Å². The molecule has 84 valence electrons. The smallest absolute Gasteiger partial charge is 0.120 e. The Bertz CT molecular complexity index is 317. The maximum atomic E-state index is 9.44. The number of thioether (sulfide) groups is 1. The first-order valence-electron chi connectivity index (χ1n) is 4.91. The molecule has 4 heteroatoms. The number of anilines is 1. The normalized spacial score (nSPS) is 12.5. The standard InChI is InChI=1S/C11H17NO2S/c1-3-8(13)7-15-11-6-9(14-2)4-5-10(11)12/h4-6,8,13H,3,7,12H2,1-2H3. The van der Waals surface area contributed by atoms with Gasteiger partial charge in [-0.3, -0.25) is 0 Å². The Kier molecular flexibility index (Phi) is 4.78. The Morgan fingerprint density at radius 3 is 2.87 bits per heavy atom. The van der Waals surface area contributed by atoms with Crippen molar-refractivity contribution < 1.29 is 9.84 Å². The zero-order valence-electron chi connectivity index (χ0n) is 9.06. The summed E-state index contributed by atoms with van der Waals surface area (Å²) in [5.74, 6) is 1.45. The first kappa shape index (κ1) is 12.2. The van der Waals surface area contributed by atoms with Crippen molar-refractivity contribution in [2.45, 2.75) is 24.3 Å². The van der Waals surface area contributed by atoms with Crippen molar-refractivity contribution in [2.24, 2.45) is 0 Å². The van der Waals surface area contributed by atoms with E-state index in [0.29, 0.717) is 5.75 Å². The van der Waals surface area contributed by atoms with Crippen molar-refractivity contribution in [1.82, 2.24) is 0 Å². The molecule has 0 fully saturated rings. The van der Waals surface area contributed by atoms with Gasteiger partial charge in [0.1, 0.15) is 5.75 Å². The lowest BCUT2D eigenvalue weighted by Crippen LogP contribution is -2.07. The summed E-state index contributed by atoms with van der Waals surface area (Å²) in [6.07, 6.45) is 0.484. The van der Waals surface area contributed by atoms with E-state index in [-0.39, 0.29) is 6.10 Å². The van der Waals surface area contributed by atoms with Gasteiger partial charge < -0.3 is 15.6 Å². The van der Waals surface area contributed by atoms with Crippen LogP contribution in [0.2, 0.25) is 0 Å². The van der Waals surface area contributed by atoms with E-state index in [1.54, 1.807) is 18.9 Å². The molecule has 0 saturated carbocycles. The number of nitrogens with two attached hydrogens (primary N) is 1. The topological polar surface area (TPSA) is 55.5 Å². The molecule has 3 nitrogen and oxygen atoms in total. The SMILES string of the molecule is CCC(O)CSc1cc(OC)ccc1N. The van der Waals surface area contributed by atoms with Crippen LogP contribution < -0.4 is 10.5 Å². The molecule has 0 radical (unpaired) electrons. The molecule has 0 saturated heterocycles. The van der Waals surface area contributed by atoms with Crippen molar-refractivity contribution in [1.29, 1.82) is 0 Å². The Morgan fingerprint density at radius 1 is 1.53 bits per heavy atom. The number of aliphatic hydroxyl groups is 1. The van der Waals surface area contributed by atoms with Gasteiger partial charge in [0.05, 0.1) is 13.2 Å². The van der Waals surface area contributed by atoms with Crippen molar-refractivity contribution in [3.8, 4) is 5.75 Å². The van der Waals surface area contributed by atoms with E-state index < -0.39 is 0 Å². The summed E-state index contributed by atoms with van der Waals surface area (Å²) in [4.78, 5) is 0.960. The van der Waals surface area contributed by atoms with E-state index >= 15 is 0 Å². The van der Waals surface area contributed by atoms with Gasteiger partial charge in [-0.05, 0) is 24.6 Å². The lowest BCUT2D eigenvalue weighted by atomic mass is 10.3. The predicted octanol–water partition coefficient (Wildman–Crippen LogP) is 2.14. The molecule has 0 heterocycles. The summed E-state index contributed by atoms with van der Waals surface area (Å²) in [7, 11) is 1.63. The van der Waals surface area contributed by atoms with E-state index in [9.17, 15) is 5.11 Å². The van der Waals surface area contributed by atoms with Crippen LogP contribution in [0.4, 0.5) is 5.69 Å². The zero-order chi connectivity index (χ0) is 11.3. The van der Waals surface area contributed by atoms with Gasteiger partial charge in [-0.2, -0.15) is 0 Å². The number of benzene rings is 1. The molecule has 1 aromatic rings. The van der Waals surface area contributed by atoms with Crippen LogP contribution >= 0.6 is 11.8 Å². The molecule has 0 aliphatic carbocycles. The highest BCUT2D eigenvalue weighted by Crippen LogP contribution is 2.29. The van der Waals surface area contributed by atoms with E-state index in [2.05, 4.69) is 0 Å². The highest BCUT2D eigenvalue weighted by atomic mass is 32.2. The minimum atomic E-state index is -0.277. The predicted molar refractivity (Wildman–Crippen MR) is 64.4 cm³/mol. The van der Waals surface area contributed by atoms with Gasteiger partial charge in [-0.15, -0.1) is 11.8 Å². The number of hydrogen-bond acceptors (Lipinski definition) is 4. The molecule has 0 aliphatic rings. The van der Waals surface area contributed by atoms with E-state index in [1.165, 1.54) is 0 Å². The lowest BCUT2D eigenvalue weighted by Gasteiger charge is -2.10. The second-order valence-corrected chi connectivity index (χ2v) is 4.34. The number of nitrogen functional groups attached to an aromatic ring is 1. The number of rotatable bonds is 5. The van der Waals surface area contributed by atoms with Crippen LogP contribution in [-0.4, -0.2) is 24.1 Å². The van der Waals surface area contributed by atoms with Gasteiger partial charge in [-0.1, -0.05) is 6.92 Å². The molecule has 3 N–H and O–H groups in total. The van der Waals surface area contributed by atoms with E-state index in [4.69, 9.17) is 10.5 Å². The summed E-state index contributed by atoms with van der Waals surface area (Å²) in [5, 5.41) is 9.44. The number of methoxy groups -OCH3 is 1. The van der Waals surface area contributed by atoms with Gasteiger partial charge in [0, 0.05) is 16.3 Å². The summed E-state index contributed by atoms with van der Waals surface area (Å²) in [6, 6.07) is 5.54. The molecule has 0 aliphatic heterocycles. The lowest BCUT2D eigenvalue weighted by molar-refractivity contribution is 0.195. The fourth-order valence-electron chi connectivity index (χ4n) is 1.07. The van der Waals surface area contributed by atoms with Crippen molar-refractivity contribution in [2.75, 3.05) is 18.6 Å². The molecule has 0 bridgehead atoms. The maximum Gasteiger partial charge on any atom is 0.120 e. The molecule has 0 spiro atoms. The first-order chi connectivity index (χ1) is 7.17. The van der Waals surface area contributed by atoms with Crippen molar-refractivity contribution >= 4 is 17.4 Å².